The highest BCUT2D eigenvalue weighted by atomic mass is 16.5. The molecule has 0 bridgehead atoms. The van der Waals surface area contributed by atoms with Crippen LogP contribution < -0.4 is 14.8 Å². The summed E-state index contributed by atoms with van der Waals surface area (Å²) in [5.41, 5.74) is 0.977. The average molecular weight is 292 g/mol. The van der Waals surface area contributed by atoms with Gasteiger partial charge < -0.3 is 19.5 Å². The maximum Gasteiger partial charge on any atom is 0.234 e. The first-order valence-electron chi connectivity index (χ1n) is 7.16. The molecule has 1 saturated heterocycles. The van der Waals surface area contributed by atoms with Crippen molar-refractivity contribution in [2.24, 2.45) is 0 Å². The first-order valence-corrected chi connectivity index (χ1v) is 7.16. The number of rotatable bonds is 4. The van der Waals surface area contributed by atoms with Gasteiger partial charge in [-0.05, 0) is 18.2 Å². The molecule has 1 atom stereocenters. The normalized spacial score (nSPS) is 21.5. The molecule has 3 rings (SSSR count). The van der Waals surface area contributed by atoms with Crippen LogP contribution in [0.5, 0.6) is 11.5 Å². The van der Waals surface area contributed by atoms with Crippen LogP contribution in [0.25, 0.3) is 0 Å². The molecule has 0 spiro atoms. The maximum atomic E-state index is 12.2. The van der Waals surface area contributed by atoms with Crippen LogP contribution in [0.4, 0.5) is 0 Å². The van der Waals surface area contributed by atoms with Crippen molar-refractivity contribution < 1.29 is 19.0 Å². The number of morpholine rings is 1. The van der Waals surface area contributed by atoms with Crippen molar-refractivity contribution in [3.05, 3.63) is 23.8 Å². The lowest BCUT2D eigenvalue weighted by molar-refractivity contribution is -0.124. The molecule has 2 aliphatic rings. The van der Waals surface area contributed by atoms with Crippen LogP contribution in [0.15, 0.2) is 18.2 Å². The predicted octanol–water partition coefficient (Wildman–Crippen LogP) is 0.577. The van der Waals surface area contributed by atoms with E-state index in [1.807, 2.05) is 18.2 Å². The zero-order chi connectivity index (χ0) is 14.7. The van der Waals surface area contributed by atoms with Crippen LogP contribution in [-0.4, -0.2) is 57.4 Å². The lowest BCUT2D eigenvalue weighted by atomic mass is 10.1. The van der Waals surface area contributed by atoms with E-state index >= 15 is 0 Å². The standard InChI is InChI=1S/C15H20N2O4/c1-19-11-2-3-14-12(8-11)13(10-21-14)16-15(18)9-17-4-6-20-7-5-17/h2-3,8,13H,4-7,9-10H2,1H3,(H,16,18). The predicted molar refractivity (Wildman–Crippen MR) is 76.6 cm³/mol. The number of hydrogen-bond acceptors (Lipinski definition) is 5. The molecule has 114 valence electrons. The van der Waals surface area contributed by atoms with E-state index in [1.165, 1.54) is 0 Å². The van der Waals surface area contributed by atoms with E-state index in [0.29, 0.717) is 26.4 Å². The lowest BCUT2D eigenvalue weighted by Gasteiger charge is -2.26. The highest BCUT2D eigenvalue weighted by Gasteiger charge is 2.26. The van der Waals surface area contributed by atoms with Crippen molar-refractivity contribution in [2.45, 2.75) is 6.04 Å². The number of amides is 1. The second-order valence-electron chi connectivity index (χ2n) is 5.22. The highest BCUT2D eigenvalue weighted by Crippen LogP contribution is 2.34. The van der Waals surface area contributed by atoms with Crippen molar-refractivity contribution in [2.75, 3.05) is 46.6 Å². The van der Waals surface area contributed by atoms with Crippen molar-refractivity contribution >= 4 is 5.91 Å². The SMILES string of the molecule is COc1ccc2c(c1)C(NC(=O)CN1CCOCC1)CO2. The Hall–Kier alpha value is -1.79. The molecular formula is C15H20N2O4. The van der Waals surface area contributed by atoms with Crippen molar-refractivity contribution in [3.63, 3.8) is 0 Å². The Morgan fingerprint density at radius 3 is 3.00 bits per heavy atom. The molecule has 6 heteroatoms. The number of benzene rings is 1. The first-order chi connectivity index (χ1) is 10.3. The van der Waals surface area contributed by atoms with E-state index < -0.39 is 0 Å². The zero-order valence-corrected chi connectivity index (χ0v) is 12.1. The lowest BCUT2D eigenvalue weighted by Crippen LogP contribution is -2.44. The minimum atomic E-state index is -0.108. The van der Waals surface area contributed by atoms with E-state index in [0.717, 1.165) is 30.2 Å². The number of ether oxygens (including phenoxy) is 3. The Bertz CT molecular complexity index is 514. The Kier molecular flexibility index (Phi) is 4.26. The monoisotopic (exact) mass is 292 g/mol. The quantitative estimate of drug-likeness (QED) is 0.879. The molecule has 1 fully saturated rings. The molecule has 1 unspecified atom stereocenters. The number of carbonyl (C=O) groups is 1. The topological polar surface area (TPSA) is 60.0 Å². The molecule has 0 aliphatic carbocycles. The number of methoxy groups -OCH3 is 1. The minimum absolute atomic E-state index is 0.0150. The van der Waals surface area contributed by atoms with Crippen molar-refractivity contribution in [3.8, 4) is 11.5 Å². The van der Waals surface area contributed by atoms with Crippen LogP contribution in [0, 0.1) is 0 Å². The summed E-state index contributed by atoms with van der Waals surface area (Å²) in [6, 6.07) is 5.55. The van der Waals surface area contributed by atoms with Gasteiger partial charge in [-0.25, -0.2) is 0 Å². The summed E-state index contributed by atoms with van der Waals surface area (Å²) in [4.78, 5) is 14.2. The molecule has 1 amide bonds. The summed E-state index contributed by atoms with van der Waals surface area (Å²) in [6.07, 6.45) is 0. The molecule has 21 heavy (non-hydrogen) atoms. The Labute approximate surface area is 124 Å². The number of hydrogen-bond donors (Lipinski definition) is 1. The third-order valence-corrected chi connectivity index (χ3v) is 3.80. The van der Waals surface area contributed by atoms with Gasteiger partial charge in [0.1, 0.15) is 18.1 Å². The van der Waals surface area contributed by atoms with Gasteiger partial charge in [0.2, 0.25) is 5.91 Å². The zero-order valence-electron chi connectivity index (χ0n) is 12.1. The summed E-state index contributed by atoms with van der Waals surface area (Å²) in [5, 5.41) is 3.03. The fourth-order valence-corrected chi connectivity index (χ4v) is 2.64. The summed E-state index contributed by atoms with van der Waals surface area (Å²) in [6.45, 7) is 3.87. The molecule has 1 aromatic carbocycles. The molecule has 6 nitrogen and oxygen atoms in total. The molecule has 0 radical (unpaired) electrons. The van der Waals surface area contributed by atoms with Gasteiger partial charge in [-0.1, -0.05) is 0 Å². The van der Waals surface area contributed by atoms with Gasteiger partial charge in [0.05, 0.1) is 32.9 Å². The van der Waals surface area contributed by atoms with Crippen molar-refractivity contribution in [1.29, 1.82) is 0 Å². The van der Waals surface area contributed by atoms with Gasteiger partial charge in [0.25, 0.3) is 0 Å². The molecule has 2 aliphatic heterocycles. The van der Waals surface area contributed by atoms with Gasteiger partial charge in [-0.15, -0.1) is 0 Å². The Morgan fingerprint density at radius 2 is 2.24 bits per heavy atom. The fraction of sp³-hybridized carbons (Fsp3) is 0.533. The molecule has 2 heterocycles. The van der Waals surface area contributed by atoms with Crippen LogP contribution in [0.1, 0.15) is 11.6 Å². The van der Waals surface area contributed by atoms with E-state index in [-0.39, 0.29) is 11.9 Å². The highest BCUT2D eigenvalue weighted by molar-refractivity contribution is 5.78. The summed E-state index contributed by atoms with van der Waals surface area (Å²) in [5.74, 6) is 1.60. The van der Waals surface area contributed by atoms with E-state index in [2.05, 4.69) is 10.2 Å². The first kappa shape index (κ1) is 14.2. The third-order valence-electron chi connectivity index (χ3n) is 3.80. The number of carbonyl (C=O) groups excluding carboxylic acids is 1. The summed E-state index contributed by atoms with van der Waals surface area (Å²) < 4.78 is 16.1. The molecule has 0 saturated carbocycles. The number of fused-ring (bicyclic) bond motifs is 1. The fourth-order valence-electron chi connectivity index (χ4n) is 2.64. The molecule has 0 aromatic heterocycles. The molecule has 1 aromatic rings. The molecular weight excluding hydrogens is 272 g/mol. The summed E-state index contributed by atoms with van der Waals surface area (Å²) >= 11 is 0. The number of nitrogens with one attached hydrogen (secondary N) is 1. The maximum absolute atomic E-state index is 12.2. The minimum Gasteiger partial charge on any atom is -0.497 e. The summed E-state index contributed by atoms with van der Waals surface area (Å²) in [7, 11) is 1.63. The second-order valence-corrected chi connectivity index (χ2v) is 5.22. The van der Waals surface area contributed by atoms with Crippen molar-refractivity contribution in [1.82, 2.24) is 10.2 Å². The smallest absolute Gasteiger partial charge is 0.234 e. The largest absolute Gasteiger partial charge is 0.497 e. The van der Waals surface area contributed by atoms with Gasteiger partial charge >= 0.3 is 0 Å². The Balaban J connectivity index is 1.60. The van der Waals surface area contributed by atoms with Crippen LogP contribution >= 0.6 is 0 Å². The van der Waals surface area contributed by atoms with Crippen LogP contribution in [0.2, 0.25) is 0 Å². The van der Waals surface area contributed by atoms with E-state index in [9.17, 15) is 4.79 Å². The average Bonchev–Trinajstić information content (AvgIpc) is 2.90. The third kappa shape index (κ3) is 3.28. The van der Waals surface area contributed by atoms with E-state index in [1.54, 1.807) is 7.11 Å². The Morgan fingerprint density at radius 1 is 1.43 bits per heavy atom. The van der Waals surface area contributed by atoms with Crippen LogP contribution in [0.3, 0.4) is 0 Å². The number of nitrogens with zero attached hydrogens (tertiary/aromatic N) is 1. The van der Waals surface area contributed by atoms with E-state index in [4.69, 9.17) is 14.2 Å². The second kappa shape index (κ2) is 6.32. The van der Waals surface area contributed by atoms with Gasteiger partial charge in [0, 0.05) is 18.7 Å². The van der Waals surface area contributed by atoms with Gasteiger partial charge in [-0.3, -0.25) is 9.69 Å². The van der Waals surface area contributed by atoms with Gasteiger partial charge in [-0.2, -0.15) is 0 Å². The van der Waals surface area contributed by atoms with Crippen LogP contribution in [-0.2, 0) is 9.53 Å². The molecule has 1 N–H and O–H groups in total. The van der Waals surface area contributed by atoms with Gasteiger partial charge in [0.15, 0.2) is 0 Å².